The van der Waals surface area contributed by atoms with Gasteiger partial charge >= 0.3 is 0 Å². The Morgan fingerprint density at radius 1 is 1.18 bits per heavy atom. The third kappa shape index (κ3) is 3.19. The molecule has 88 valence electrons. The van der Waals surface area contributed by atoms with Gasteiger partial charge in [0.05, 0.1) is 16.8 Å². The van der Waals surface area contributed by atoms with Gasteiger partial charge < -0.3 is 5.73 Å². The lowest BCUT2D eigenvalue weighted by Gasteiger charge is -2.12. The summed E-state index contributed by atoms with van der Waals surface area (Å²) >= 11 is 12.0. The largest absolute Gasteiger partial charge is 0.322 e. The van der Waals surface area contributed by atoms with Crippen LogP contribution in [0.5, 0.6) is 0 Å². The molecule has 0 fully saturated rings. The molecule has 1 unspecified atom stereocenters. The van der Waals surface area contributed by atoms with Gasteiger partial charge in [-0.25, -0.2) is 0 Å². The van der Waals surface area contributed by atoms with Gasteiger partial charge in [-0.05, 0) is 36.2 Å². The molecule has 0 aliphatic heterocycles. The van der Waals surface area contributed by atoms with Crippen LogP contribution in [0.4, 0.5) is 0 Å². The predicted molar refractivity (Wildman–Crippen MR) is 71.3 cm³/mol. The summed E-state index contributed by atoms with van der Waals surface area (Å²) in [6.07, 6.45) is 2.36. The van der Waals surface area contributed by atoms with Crippen LogP contribution in [0.15, 0.2) is 42.6 Å². The van der Waals surface area contributed by atoms with E-state index in [4.69, 9.17) is 28.9 Å². The second-order valence-electron chi connectivity index (χ2n) is 3.81. The lowest BCUT2D eigenvalue weighted by atomic mass is 10.0. The first-order valence-corrected chi connectivity index (χ1v) is 6.03. The molecule has 0 aliphatic carbocycles. The Balaban J connectivity index is 2.17. The Hall–Kier alpha value is -1.09. The fourth-order valence-corrected chi connectivity index (χ4v) is 2.16. The van der Waals surface area contributed by atoms with Gasteiger partial charge in [0, 0.05) is 11.2 Å². The highest BCUT2D eigenvalue weighted by Crippen LogP contribution is 2.22. The maximum Gasteiger partial charge on any atom is 0.0760 e. The van der Waals surface area contributed by atoms with Gasteiger partial charge in [0.1, 0.15) is 0 Å². The van der Waals surface area contributed by atoms with Crippen LogP contribution in [0.3, 0.4) is 0 Å². The topological polar surface area (TPSA) is 38.9 Å². The van der Waals surface area contributed by atoms with E-state index in [9.17, 15) is 0 Å². The molecule has 17 heavy (non-hydrogen) atoms. The van der Waals surface area contributed by atoms with Crippen LogP contribution in [0.2, 0.25) is 10.0 Å². The number of hydrogen-bond acceptors (Lipinski definition) is 2. The van der Waals surface area contributed by atoms with E-state index in [1.807, 2.05) is 24.3 Å². The zero-order valence-corrected chi connectivity index (χ0v) is 10.6. The van der Waals surface area contributed by atoms with Gasteiger partial charge in [-0.1, -0.05) is 35.3 Å². The molecular weight excluding hydrogens is 255 g/mol. The highest BCUT2D eigenvalue weighted by atomic mass is 35.5. The molecule has 1 heterocycles. The molecule has 2 rings (SSSR count). The monoisotopic (exact) mass is 266 g/mol. The molecule has 2 N–H and O–H groups in total. The SMILES string of the molecule is NC(Cc1cccc(Cl)c1)c1ncccc1Cl. The average Bonchev–Trinajstić information content (AvgIpc) is 2.29. The Morgan fingerprint density at radius 2 is 2.00 bits per heavy atom. The maximum absolute atomic E-state index is 6.09. The molecule has 0 saturated carbocycles. The van der Waals surface area contributed by atoms with Gasteiger partial charge in [0.15, 0.2) is 0 Å². The van der Waals surface area contributed by atoms with Crippen molar-refractivity contribution in [2.45, 2.75) is 12.5 Å². The smallest absolute Gasteiger partial charge is 0.0760 e. The highest BCUT2D eigenvalue weighted by molar-refractivity contribution is 6.31. The van der Waals surface area contributed by atoms with Crippen LogP contribution in [0, 0.1) is 0 Å². The zero-order valence-electron chi connectivity index (χ0n) is 9.11. The summed E-state index contributed by atoms with van der Waals surface area (Å²) in [6.45, 7) is 0. The van der Waals surface area contributed by atoms with E-state index in [2.05, 4.69) is 4.98 Å². The first kappa shape index (κ1) is 12.4. The molecule has 0 bridgehead atoms. The Kier molecular flexibility index (Phi) is 4.00. The normalized spacial score (nSPS) is 12.4. The number of benzene rings is 1. The number of pyridine rings is 1. The van der Waals surface area contributed by atoms with Crippen molar-refractivity contribution in [1.29, 1.82) is 0 Å². The van der Waals surface area contributed by atoms with Crippen molar-refractivity contribution in [3.63, 3.8) is 0 Å². The van der Waals surface area contributed by atoms with Crippen LogP contribution in [-0.2, 0) is 6.42 Å². The predicted octanol–water partition coefficient (Wildman–Crippen LogP) is 3.63. The van der Waals surface area contributed by atoms with E-state index >= 15 is 0 Å². The first-order chi connectivity index (χ1) is 8.16. The lowest BCUT2D eigenvalue weighted by Crippen LogP contribution is -2.15. The molecule has 1 aromatic heterocycles. The van der Waals surface area contributed by atoms with E-state index in [0.717, 1.165) is 5.56 Å². The molecular formula is C13H12Cl2N2. The van der Waals surface area contributed by atoms with E-state index in [1.54, 1.807) is 18.3 Å². The molecule has 2 nitrogen and oxygen atoms in total. The van der Waals surface area contributed by atoms with Crippen molar-refractivity contribution in [3.05, 3.63) is 63.9 Å². The van der Waals surface area contributed by atoms with Crippen molar-refractivity contribution >= 4 is 23.2 Å². The van der Waals surface area contributed by atoms with Gasteiger partial charge in [-0.3, -0.25) is 4.98 Å². The Morgan fingerprint density at radius 3 is 2.71 bits per heavy atom. The number of aromatic nitrogens is 1. The van der Waals surface area contributed by atoms with Gasteiger partial charge in [0.25, 0.3) is 0 Å². The van der Waals surface area contributed by atoms with E-state index in [1.165, 1.54) is 0 Å². The fraction of sp³-hybridized carbons (Fsp3) is 0.154. The van der Waals surface area contributed by atoms with Crippen molar-refractivity contribution < 1.29 is 0 Å². The second-order valence-corrected chi connectivity index (χ2v) is 4.65. The van der Waals surface area contributed by atoms with Crippen molar-refractivity contribution in [3.8, 4) is 0 Å². The van der Waals surface area contributed by atoms with E-state index < -0.39 is 0 Å². The third-order valence-corrected chi connectivity index (χ3v) is 3.04. The number of halogens is 2. The van der Waals surface area contributed by atoms with Crippen LogP contribution >= 0.6 is 23.2 Å². The van der Waals surface area contributed by atoms with Gasteiger partial charge in [-0.15, -0.1) is 0 Å². The lowest BCUT2D eigenvalue weighted by molar-refractivity contribution is 0.697. The maximum atomic E-state index is 6.09. The highest BCUT2D eigenvalue weighted by Gasteiger charge is 2.12. The summed E-state index contributed by atoms with van der Waals surface area (Å²) in [6, 6.07) is 11.0. The molecule has 0 saturated heterocycles. The molecule has 1 aromatic carbocycles. The Bertz CT molecular complexity index is 514. The Labute approximate surface area is 110 Å². The zero-order chi connectivity index (χ0) is 12.3. The summed E-state index contributed by atoms with van der Waals surface area (Å²) in [5.41, 5.74) is 7.88. The summed E-state index contributed by atoms with van der Waals surface area (Å²) < 4.78 is 0. The number of nitrogens with two attached hydrogens (primary N) is 1. The quantitative estimate of drug-likeness (QED) is 0.922. The summed E-state index contributed by atoms with van der Waals surface area (Å²) in [7, 11) is 0. The molecule has 4 heteroatoms. The fourth-order valence-electron chi connectivity index (χ4n) is 1.69. The molecule has 0 aliphatic rings. The van der Waals surface area contributed by atoms with Crippen LogP contribution in [0.25, 0.3) is 0 Å². The van der Waals surface area contributed by atoms with Crippen LogP contribution in [0.1, 0.15) is 17.3 Å². The minimum absolute atomic E-state index is 0.220. The first-order valence-electron chi connectivity index (χ1n) is 5.27. The van der Waals surface area contributed by atoms with Crippen molar-refractivity contribution in [2.24, 2.45) is 5.73 Å². The second kappa shape index (κ2) is 5.50. The van der Waals surface area contributed by atoms with E-state index in [-0.39, 0.29) is 6.04 Å². The molecule has 2 aromatic rings. The minimum atomic E-state index is -0.220. The number of hydrogen-bond donors (Lipinski definition) is 1. The van der Waals surface area contributed by atoms with Crippen LogP contribution < -0.4 is 5.73 Å². The van der Waals surface area contributed by atoms with E-state index in [0.29, 0.717) is 22.2 Å². The minimum Gasteiger partial charge on any atom is -0.322 e. The summed E-state index contributed by atoms with van der Waals surface area (Å²) in [4.78, 5) is 4.21. The average molecular weight is 267 g/mol. The van der Waals surface area contributed by atoms with Gasteiger partial charge in [-0.2, -0.15) is 0 Å². The number of rotatable bonds is 3. The van der Waals surface area contributed by atoms with Crippen molar-refractivity contribution in [1.82, 2.24) is 4.98 Å². The standard InChI is InChI=1S/C13H12Cl2N2/c14-10-4-1-3-9(7-10)8-12(16)13-11(15)5-2-6-17-13/h1-7,12H,8,16H2. The third-order valence-electron chi connectivity index (χ3n) is 2.48. The summed E-state index contributed by atoms with van der Waals surface area (Å²) in [5.74, 6) is 0. The molecule has 0 spiro atoms. The van der Waals surface area contributed by atoms with Crippen LogP contribution in [-0.4, -0.2) is 4.98 Å². The summed E-state index contributed by atoms with van der Waals surface area (Å²) in [5, 5.41) is 1.31. The molecule has 1 atom stereocenters. The molecule has 0 radical (unpaired) electrons. The van der Waals surface area contributed by atoms with Crippen molar-refractivity contribution in [2.75, 3.05) is 0 Å². The number of nitrogens with zero attached hydrogens (tertiary/aromatic N) is 1. The van der Waals surface area contributed by atoms with Gasteiger partial charge in [0.2, 0.25) is 0 Å². The molecule has 0 amide bonds.